The molecule has 1 atom stereocenters. The van der Waals surface area contributed by atoms with Gasteiger partial charge in [0.05, 0.1) is 22.3 Å². The van der Waals surface area contributed by atoms with Crippen molar-refractivity contribution < 1.29 is 4.79 Å². The smallest absolute Gasteiger partial charge is 0.266 e. The average Bonchev–Trinajstić information content (AvgIpc) is 2.85. The summed E-state index contributed by atoms with van der Waals surface area (Å²) in [6.07, 6.45) is 1.06. The van der Waals surface area contributed by atoms with E-state index in [2.05, 4.69) is 19.2 Å². The van der Waals surface area contributed by atoms with Gasteiger partial charge in [0.1, 0.15) is 0 Å². The molecule has 34 heavy (non-hydrogen) atoms. The van der Waals surface area contributed by atoms with Crippen molar-refractivity contribution >= 4 is 45.9 Å². The molecule has 0 saturated carbocycles. The second-order valence-electron chi connectivity index (χ2n) is 8.20. The molecule has 1 unspecified atom stereocenters. The van der Waals surface area contributed by atoms with Crippen molar-refractivity contribution in [3.05, 3.63) is 93.2 Å². The molecular weight excluding hydrogens is 466 g/mol. The van der Waals surface area contributed by atoms with E-state index in [1.165, 1.54) is 17.3 Å². The van der Waals surface area contributed by atoms with Crippen molar-refractivity contribution in [1.82, 2.24) is 9.55 Å². The van der Waals surface area contributed by atoms with Gasteiger partial charge in [-0.2, -0.15) is 0 Å². The lowest BCUT2D eigenvalue weighted by Crippen LogP contribution is -2.23. The molecule has 1 N–H and O–H groups in total. The van der Waals surface area contributed by atoms with Crippen LogP contribution in [0.15, 0.2) is 76.7 Å². The number of fused-ring (bicyclic) bond motifs is 1. The van der Waals surface area contributed by atoms with Crippen molar-refractivity contribution in [2.45, 2.75) is 38.3 Å². The fraction of sp³-hybridized carbons (Fsp3) is 0.222. The quantitative estimate of drug-likeness (QED) is 0.234. The molecule has 0 aliphatic rings. The highest BCUT2D eigenvalue weighted by molar-refractivity contribution is 7.99. The number of nitrogens with one attached hydrogen (secondary N) is 1. The second kappa shape index (κ2) is 10.5. The van der Waals surface area contributed by atoms with Gasteiger partial charge in [-0.1, -0.05) is 67.5 Å². The normalized spacial score (nSPS) is 12.0. The maximum absolute atomic E-state index is 13.4. The van der Waals surface area contributed by atoms with E-state index >= 15 is 0 Å². The summed E-state index contributed by atoms with van der Waals surface area (Å²) in [7, 11) is 0. The van der Waals surface area contributed by atoms with Crippen molar-refractivity contribution in [3.63, 3.8) is 0 Å². The number of carbonyl (C=O) groups is 1. The first-order valence-electron chi connectivity index (χ1n) is 11.2. The SMILES string of the molecule is CCC(C)c1ccc(NC(=O)CSc2nc3ccccc3c(=O)n2-c2cccc(Cl)c2C)cc1. The Morgan fingerprint density at radius 3 is 2.56 bits per heavy atom. The Hall–Kier alpha value is -3.09. The van der Waals surface area contributed by atoms with Gasteiger partial charge in [0.2, 0.25) is 5.91 Å². The third-order valence-corrected chi connectivity index (χ3v) is 7.28. The van der Waals surface area contributed by atoms with E-state index in [1.807, 2.05) is 49.4 Å². The minimum atomic E-state index is -0.195. The van der Waals surface area contributed by atoms with E-state index in [0.717, 1.165) is 17.7 Å². The van der Waals surface area contributed by atoms with Crippen LogP contribution in [-0.4, -0.2) is 21.2 Å². The maximum atomic E-state index is 13.4. The minimum absolute atomic E-state index is 0.109. The molecule has 3 aromatic carbocycles. The molecule has 0 aliphatic carbocycles. The zero-order valence-corrected chi connectivity index (χ0v) is 20.9. The molecule has 4 rings (SSSR count). The van der Waals surface area contributed by atoms with Crippen LogP contribution in [0.4, 0.5) is 5.69 Å². The Balaban J connectivity index is 1.62. The van der Waals surface area contributed by atoms with Crippen molar-refractivity contribution in [2.24, 2.45) is 0 Å². The molecule has 0 spiro atoms. The van der Waals surface area contributed by atoms with Crippen molar-refractivity contribution in [3.8, 4) is 5.69 Å². The van der Waals surface area contributed by atoms with Gasteiger partial charge >= 0.3 is 0 Å². The summed E-state index contributed by atoms with van der Waals surface area (Å²) >= 11 is 7.56. The molecule has 0 radical (unpaired) electrons. The molecule has 5 nitrogen and oxygen atoms in total. The highest BCUT2D eigenvalue weighted by Gasteiger charge is 2.17. The zero-order chi connectivity index (χ0) is 24.2. The van der Waals surface area contributed by atoms with Crippen LogP contribution in [0.5, 0.6) is 0 Å². The van der Waals surface area contributed by atoms with Crippen LogP contribution in [-0.2, 0) is 4.79 Å². The Bertz CT molecular complexity index is 1400. The molecule has 7 heteroatoms. The van der Waals surface area contributed by atoms with Crippen LogP contribution in [0.1, 0.15) is 37.3 Å². The van der Waals surface area contributed by atoms with Gasteiger partial charge in [-0.3, -0.25) is 14.2 Å². The standard InChI is InChI=1S/C27H26ClN3O2S/c1-4-17(2)19-12-14-20(15-13-19)29-25(32)16-34-27-30-23-10-6-5-8-21(23)26(33)31(27)24-11-7-9-22(28)18(24)3/h5-15,17H,4,16H2,1-3H3,(H,29,32). The van der Waals surface area contributed by atoms with Gasteiger partial charge in [-0.05, 0) is 66.8 Å². The van der Waals surface area contributed by atoms with Crippen LogP contribution >= 0.6 is 23.4 Å². The number of hydrogen-bond donors (Lipinski definition) is 1. The Morgan fingerprint density at radius 2 is 1.82 bits per heavy atom. The van der Waals surface area contributed by atoms with Gasteiger partial charge in [0, 0.05) is 10.7 Å². The number of hydrogen-bond acceptors (Lipinski definition) is 4. The van der Waals surface area contributed by atoms with Crippen LogP contribution in [0.25, 0.3) is 16.6 Å². The summed E-state index contributed by atoms with van der Waals surface area (Å²) in [6, 6.07) is 20.6. The first-order chi connectivity index (χ1) is 16.4. The van der Waals surface area contributed by atoms with Gasteiger partial charge in [0.25, 0.3) is 5.56 Å². The van der Waals surface area contributed by atoms with Gasteiger partial charge in [0.15, 0.2) is 5.16 Å². The van der Waals surface area contributed by atoms with E-state index in [0.29, 0.717) is 32.7 Å². The molecule has 0 fully saturated rings. The lowest BCUT2D eigenvalue weighted by atomic mass is 9.99. The Kier molecular flexibility index (Phi) is 7.39. The van der Waals surface area contributed by atoms with Crippen molar-refractivity contribution in [2.75, 3.05) is 11.1 Å². The summed E-state index contributed by atoms with van der Waals surface area (Å²) in [6.45, 7) is 6.20. The number of nitrogens with zero attached hydrogens (tertiary/aromatic N) is 2. The number of rotatable bonds is 7. The molecule has 0 aliphatic heterocycles. The van der Waals surface area contributed by atoms with Crippen LogP contribution in [0.3, 0.4) is 0 Å². The molecular formula is C27H26ClN3O2S. The van der Waals surface area contributed by atoms with E-state index in [1.54, 1.807) is 28.8 Å². The van der Waals surface area contributed by atoms with E-state index in [-0.39, 0.29) is 17.2 Å². The summed E-state index contributed by atoms with van der Waals surface area (Å²) in [5.41, 5.74) is 3.81. The minimum Gasteiger partial charge on any atom is -0.325 e. The molecule has 1 amide bonds. The molecule has 4 aromatic rings. The molecule has 0 bridgehead atoms. The van der Waals surface area contributed by atoms with E-state index in [9.17, 15) is 9.59 Å². The number of anilines is 1. The highest BCUT2D eigenvalue weighted by Crippen LogP contribution is 2.27. The number of amides is 1. The van der Waals surface area contributed by atoms with Gasteiger partial charge < -0.3 is 5.32 Å². The molecule has 1 aromatic heterocycles. The summed E-state index contributed by atoms with van der Waals surface area (Å²) in [5, 5.41) is 4.45. The topological polar surface area (TPSA) is 64.0 Å². The molecule has 1 heterocycles. The highest BCUT2D eigenvalue weighted by atomic mass is 35.5. The first-order valence-corrected chi connectivity index (χ1v) is 12.5. The van der Waals surface area contributed by atoms with Gasteiger partial charge in [-0.25, -0.2) is 4.98 Å². The summed E-state index contributed by atoms with van der Waals surface area (Å²) < 4.78 is 1.54. The zero-order valence-electron chi connectivity index (χ0n) is 19.3. The second-order valence-corrected chi connectivity index (χ2v) is 9.55. The largest absolute Gasteiger partial charge is 0.325 e. The predicted molar refractivity (Wildman–Crippen MR) is 142 cm³/mol. The first kappa shape index (κ1) is 24.0. The third kappa shape index (κ3) is 5.03. The number of benzene rings is 3. The van der Waals surface area contributed by atoms with Crippen LogP contribution in [0.2, 0.25) is 5.02 Å². The summed E-state index contributed by atoms with van der Waals surface area (Å²) in [4.78, 5) is 30.8. The fourth-order valence-corrected chi connectivity index (χ4v) is 4.69. The maximum Gasteiger partial charge on any atom is 0.266 e. The monoisotopic (exact) mass is 491 g/mol. The Morgan fingerprint density at radius 1 is 1.09 bits per heavy atom. The number of halogens is 1. The average molecular weight is 492 g/mol. The number of thioether (sulfide) groups is 1. The number of aromatic nitrogens is 2. The van der Waals surface area contributed by atoms with E-state index < -0.39 is 0 Å². The number of carbonyl (C=O) groups excluding carboxylic acids is 1. The lowest BCUT2D eigenvalue weighted by molar-refractivity contribution is -0.113. The van der Waals surface area contributed by atoms with Crippen molar-refractivity contribution in [1.29, 1.82) is 0 Å². The lowest BCUT2D eigenvalue weighted by Gasteiger charge is -2.16. The predicted octanol–water partition coefficient (Wildman–Crippen LogP) is 6.59. The fourth-order valence-electron chi connectivity index (χ4n) is 3.72. The van der Waals surface area contributed by atoms with E-state index in [4.69, 9.17) is 16.6 Å². The van der Waals surface area contributed by atoms with Crippen LogP contribution < -0.4 is 10.9 Å². The van der Waals surface area contributed by atoms with Gasteiger partial charge in [-0.15, -0.1) is 0 Å². The summed E-state index contributed by atoms with van der Waals surface area (Å²) in [5.74, 6) is 0.418. The molecule has 174 valence electrons. The third-order valence-electron chi connectivity index (χ3n) is 5.93. The molecule has 0 saturated heterocycles. The Labute approximate surface area is 208 Å². The van der Waals surface area contributed by atoms with Crippen LogP contribution in [0, 0.1) is 6.92 Å². The number of para-hydroxylation sites is 1.